The summed E-state index contributed by atoms with van der Waals surface area (Å²) in [6.07, 6.45) is 7.02. The van der Waals surface area contributed by atoms with E-state index >= 15 is 0 Å². The smallest absolute Gasteiger partial charge is 0.228 e. The van der Waals surface area contributed by atoms with Crippen molar-refractivity contribution in [3.05, 3.63) is 84.4 Å². The quantitative estimate of drug-likeness (QED) is 0.719. The van der Waals surface area contributed by atoms with Crippen molar-refractivity contribution in [3.8, 4) is 0 Å². The summed E-state index contributed by atoms with van der Waals surface area (Å²) in [5, 5.41) is 5.59. The van der Waals surface area contributed by atoms with Gasteiger partial charge in [-0.2, -0.15) is 0 Å². The van der Waals surface area contributed by atoms with Gasteiger partial charge in [-0.3, -0.25) is 19.6 Å². The first-order valence-corrected chi connectivity index (χ1v) is 8.16. The number of anilines is 2. The fourth-order valence-electron chi connectivity index (χ4n) is 2.43. The van der Waals surface area contributed by atoms with Crippen LogP contribution in [-0.4, -0.2) is 21.8 Å². The Hall–Kier alpha value is -3.54. The molecule has 0 radical (unpaired) electrons. The number of aromatic nitrogens is 2. The van der Waals surface area contributed by atoms with Gasteiger partial charge in [0.1, 0.15) is 0 Å². The van der Waals surface area contributed by atoms with Crippen molar-refractivity contribution in [3.63, 3.8) is 0 Å². The van der Waals surface area contributed by atoms with Gasteiger partial charge in [0.25, 0.3) is 0 Å². The zero-order valence-electron chi connectivity index (χ0n) is 14.1. The molecule has 0 aliphatic heterocycles. The third kappa shape index (κ3) is 5.24. The molecule has 0 atom stereocenters. The Labute approximate surface area is 151 Å². The molecule has 3 aromatic rings. The summed E-state index contributed by atoms with van der Waals surface area (Å²) in [5.74, 6) is -0.222. The molecule has 0 spiro atoms. The van der Waals surface area contributed by atoms with Crippen LogP contribution in [0.5, 0.6) is 0 Å². The van der Waals surface area contributed by atoms with Crippen LogP contribution in [-0.2, 0) is 22.4 Å². The molecule has 0 saturated heterocycles. The Bertz CT molecular complexity index is 791. The number of pyridine rings is 2. The van der Waals surface area contributed by atoms with Gasteiger partial charge in [-0.15, -0.1) is 0 Å². The normalized spacial score (nSPS) is 10.2. The highest BCUT2D eigenvalue weighted by Crippen LogP contribution is 2.10. The van der Waals surface area contributed by atoms with E-state index in [1.165, 1.54) is 0 Å². The number of nitrogens with zero attached hydrogens (tertiary/aromatic N) is 2. The molecule has 0 fully saturated rings. The zero-order chi connectivity index (χ0) is 18.2. The van der Waals surface area contributed by atoms with Crippen molar-refractivity contribution >= 4 is 23.2 Å². The number of nitrogens with one attached hydrogen (secondary N) is 2. The minimum absolute atomic E-state index is 0.111. The van der Waals surface area contributed by atoms with Crippen molar-refractivity contribution in [2.24, 2.45) is 0 Å². The average molecular weight is 346 g/mol. The number of carbonyl (C=O) groups is 2. The van der Waals surface area contributed by atoms with Crippen LogP contribution in [0.4, 0.5) is 11.4 Å². The lowest BCUT2D eigenvalue weighted by atomic mass is 10.1. The molecule has 0 bridgehead atoms. The lowest BCUT2D eigenvalue weighted by molar-refractivity contribution is -0.116. The van der Waals surface area contributed by atoms with Crippen molar-refractivity contribution in [2.75, 3.05) is 10.6 Å². The van der Waals surface area contributed by atoms with E-state index in [9.17, 15) is 9.59 Å². The molecule has 26 heavy (non-hydrogen) atoms. The molecule has 0 saturated carbocycles. The first-order valence-electron chi connectivity index (χ1n) is 8.16. The summed E-state index contributed by atoms with van der Waals surface area (Å²) in [7, 11) is 0. The summed E-state index contributed by atoms with van der Waals surface area (Å²) < 4.78 is 0. The van der Waals surface area contributed by atoms with Crippen LogP contribution in [0.15, 0.2) is 73.3 Å². The van der Waals surface area contributed by atoms with Crippen molar-refractivity contribution in [1.82, 2.24) is 9.97 Å². The summed E-state index contributed by atoms with van der Waals surface area (Å²) >= 11 is 0. The van der Waals surface area contributed by atoms with Crippen LogP contribution >= 0.6 is 0 Å². The van der Waals surface area contributed by atoms with Crippen LogP contribution < -0.4 is 10.6 Å². The summed E-state index contributed by atoms with van der Waals surface area (Å²) in [6.45, 7) is 0. The van der Waals surface area contributed by atoms with Gasteiger partial charge in [0.05, 0.1) is 36.6 Å². The van der Waals surface area contributed by atoms with E-state index in [1.807, 2.05) is 24.3 Å². The molecule has 130 valence electrons. The molecule has 3 rings (SSSR count). The predicted molar refractivity (Wildman–Crippen MR) is 99.6 cm³/mol. The molecule has 0 aliphatic rings. The maximum Gasteiger partial charge on any atom is 0.228 e. The first kappa shape index (κ1) is 17.3. The predicted octanol–water partition coefficient (Wildman–Crippen LogP) is 2.84. The van der Waals surface area contributed by atoms with Crippen LogP contribution in [0.25, 0.3) is 0 Å². The zero-order valence-corrected chi connectivity index (χ0v) is 14.1. The fraction of sp³-hybridized carbons (Fsp3) is 0.100. The monoisotopic (exact) mass is 346 g/mol. The average Bonchev–Trinajstić information content (AvgIpc) is 2.65. The van der Waals surface area contributed by atoms with E-state index in [4.69, 9.17) is 0 Å². The number of carbonyl (C=O) groups excluding carboxylic acids is 2. The van der Waals surface area contributed by atoms with Crippen molar-refractivity contribution in [2.45, 2.75) is 12.8 Å². The van der Waals surface area contributed by atoms with Crippen molar-refractivity contribution < 1.29 is 9.59 Å². The highest BCUT2D eigenvalue weighted by Gasteiger charge is 2.07. The van der Waals surface area contributed by atoms with E-state index in [-0.39, 0.29) is 24.7 Å². The van der Waals surface area contributed by atoms with Gasteiger partial charge < -0.3 is 10.6 Å². The van der Waals surface area contributed by atoms with Gasteiger partial charge >= 0.3 is 0 Å². The lowest BCUT2D eigenvalue weighted by Crippen LogP contribution is -2.15. The molecule has 2 aromatic heterocycles. The van der Waals surface area contributed by atoms with Crippen LogP contribution in [0, 0.1) is 0 Å². The molecule has 2 N–H and O–H groups in total. The maximum atomic E-state index is 12.0. The Morgan fingerprint density at radius 2 is 1.12 bits per heavy atom. The maximum absolute atomic E-state index is 12.0. The lowest BCUT2D eigenvalue weighted by Gasteiger charge is -2.07. The second-order valence-electron chi connectivity index (χ2n) is 5.75. The Morgan fingerprint density at radius 1 is 0.692 bits per heavy atom. The van der Waals surface area contributed by atoms with Crippen LogP contribution in [0.2, 0.25) is 0 Å². The molecule has 6 nitrogen and oxygen atoms in total. The Kier molecular flexibility index (Phi) is 5.67. The van der Waals surface area contributed by atoms with Gasteiger partial charge in [-0.25, -0.2) is 0 Å². The van der Waals surface area contributed by atoms with Crippen molar-refractivity contribution in [1.29, 1.82) is 0 Å². The van der Waals surface area contributed by atoms with Gasteiger partial charge in [0, 0.05) is 12.4 Å². The molecule has 0 unspecified atom stereocenters. The standard InChI is InChI=1S/C20H18N4O2/c25-19(23-17-3-1-9-21-13-17)11-15-5-7-16(8-6-15)12-20(26)24-18-4-2-10-22-14-18/h1-10,13-14H,11-12H2,(H,23,25)(H,24,26). The number of benzene rings is 1. The minimum Gasteiger partial charge on any atom is -0.324 e. The number of rotatable bonds is 6. The topological polar surface area (TPSA) is 84.0 Å². The summed E-state index contributed by atoms with van der Waals surface area (Å²) in [4.78, 5) is 32.0. The van der Waals surface area contributed by atoms with Gasteiger partial charge in [0.2, 0.25) is 11.8 Å². The molecule has 6 heteroatoms. The Morgan fingerprint density at radius 3 is 1.46 bits per heavy atom. The second-order valence-corrected chi connectivity index (χ2v) is 5.75. The van der Waals surface area contributed by atoms with E-state index in [2.05, 4.69) is 20.6 Å². The van der Waals surface area contributed by atoms with E-state index in [0.29, 0.717) is 11.4 Å². The van der Waals surface area contributed by atoms with E-state index in [0.717, 1.165) is 11.1 Å². The SMILES string of the molecule is O=C(Cc1ccc(CC(=O)Nc2cccnc2)cc1)Nc1cccnc1. The molecular weight excluding hydrogens is 328 g/mol. The molecule has 2 amide bonds. The molecule has 2 heterocycles. The fourth-order valence-corrected chi connectivity index (χ4v) is 2.43. The number of amides is 2. The number of hydrogen-bond acceptors (Lipinski definition) is 4. The van der Waals surface area contributed by atoms with Gasteiger partial charge in [-0.1, -0.05) is 24.3 Å². The van der Waals surface area contributed by atoms with E-state index < -0.39 is 0 Å². The summed E-state index contributed by atoms with van der Waals surface area (Å²) in [5.41, 5.74) is 3.09. The third-order valence-electron chi connectivity index (χ3n) is 3.64. The Balaban J connectivity index is 1.51. The van der Waals surface area contributed by atoms with Crippen LogP contribution in [0.3, 0.4) is 0 Å². The van der Waals surface area contributed by atoms with Crippen LogP contribution in [0.1, 0.15) is 11.1 Å². The number of hydrogen-bond donors (Lipinski definition) is 2. The summed E-state index contributed by atoms with van der Waals surface area (Å²) in [6, 6.07) is 14.5. The first-order chi connectivity index (χ1) is 12.7. The second kappa shape index (κ2) is 8.53. The molecule has 0 aliphatic carbocycles. The molecular formula is C20H18N4O2. The third-order valence-corrected chi connectivity index (χ3v) is 3.64. The molecule has 1 aromatic carbocycles. The van der Waals surface area contributed by atoms with Gasteiger partial charge in [-0.05, 0) is 35.4 Å². The highest BCUT2D eigenvalue weighted by molar-refractivity contribution is 5.93. The van der Waals surface area contributed by atoms with E-state index in [1.54, 1.807) is 49.1 Å². The van der Waals surface area contributed by atoms with Gasteiger partial charge in [0.15, 0.2) is 0 Å². The highest BCUT2D eigenvalue weighted by atomic mass is 16.2. The largest absolute Gasteiger partial charge is 0.324 e. The minimum atomic E-state index is -0.111.